The van der Waals surface area contributed by atoms with Gasteiger partial charge in [-0.2, -0.15) is 0 Å². The van der Waals surface area contributed by atoms with Crippen LogP contribution in [0.1, 0.15) is 99.3 Å². The number of fused-ring (bicyclic) bond motifs is 7. The van der Waals surface area contributed by atoms with E-state index in [1.807, 2.05) is 6.92 Å². The van der Waals surface area contributed by atoms with Crippen molar-refractivity contribution in [1.82, 2.24) is 0 Å². The van der Waals surface area contributed by atoms with Gasteiger partial charge in [0, 0.05) is 12.3 Å². The average Bonchev–Trinajstić information content (AvgIpc) is 3.80. The third-order valence-corrected chi connectivity index (χ3v) is 19.5. The zero-order valence-electron chi connectivity index (χ0n) is 42.7. The van der Waals surface area contributed by atoms with Crippen LogP contribution in [-0.2, 0) is 42.6 Å². The highest BCUT2D eigenvalue weighted by molar-refractivity contribution is 5.26. The van der Waals surface area contributed by atoms with Crippen molar-refractivity contribution >= 4 is 0 Å². The first kappa shape index (κ1) is 56.6. The topological polar surface area (TPSA) is 346 Å². The smallest absolute Gasteiger partial charge is 0.187 e. The summed E-state index contributed by atoms with van der Waals surface area (Å²) in [4.78, 5) is 0. The third kappa shape index (κ3) is 10.2. The van der Waals surface area contributed by atoms with Crippen molar-refractivity contribution in [3.63, 3.8) is 0 Å². The maximum atomic E-state index is 12.1. The second kappa shape index (κ2) is 21.8. The fourth-order valence-electron chi connectivity index (χ4n) is 14.9. The molecule has 73 heavy (non-hydrogen) atoms. The predicted octanol–water partition coefficient (Wildman–Crippen LogP) is -1.98. The van der Waals surface area contributed by atoms with Gasteiger partial charge in [-0.3, -0.25) is 0 Å². The van der Waals surface area contributed by atoms with Crippen LogP contribution in [0.5, 0.6) is 0 Å². The van der Waals surface area contributed by atoms with Gasteiger partial charge in [0.15, 0.2) is 30.9 Å². The molecule has 4 aliphatic carbocycles. The molecular weight excluding hydrogens is 965 g/mol. The summed E-state index contributed by atoms with van der Waals surface area (Å²) in [6.07, 6.45) is -20.5. The van der Waals surface area contributed by atoms with Gasteiger partial charge in [-0.05, 0) is 106 Å². The minimum atomic E-state index is -1.75. The number of ether oxygens (including phenoxy) is 9. The van der Waals surface area contributed by atoms with E-state index in [-0.39, 0.29) is 41.3 Å². The molecule has 0 bridgehead atoms. The summed E-state index contributed by atoms with van der Waals surface area (Å²) in [6.45, 7) is 10.7. The van der Waals surface area contributed by atoms with Gasteiger partial charge in [-0.15, -0.1) is 0 Å². The minimum absolute atomic E-state index is 0.0589. The van der Waals surface area contributed by atoms with Crippen molar-refractivity contribution in [1.29, 1.82) is 0 Å². The Labute approximate surface area is 426 Å². The summed E-state index contributed by atoms with van der Waals surface area (Å²) in [5.74, 6) is -0.232. The number of allylic oxidation sites excluding steroid dienone is 1. The molecule has 5 aliphatic heterocycles. The number of hydrogen-bond donors (Lipinski definition) is 13. The molecule has 5 heterocycles. The largest absolute Gasteiger partial charge is 0.394 e. The Morgan fingerprint density at radius 2 is 1.23 bits per heavy atom. The Balaban J connectivity index is 0.846. The lowest BCUT2D eigenvalue weighted by atomic mass is 9.47. The van der Waals surface area contributed by atoms with E-state index in [0.29, 0.717) is 43.4 Å². The van der Waals surface area contributed by atoms with Crippen molar-refractivity contribution in [2.45, 2.75) is 240 Å². The number of aliphatic hydroxyl groups is 13. The molecule has 9 aliphatic rings. The summed E-state index contributed by atoms with van der Waals surface area (Å²) in [5.41, 5.74) is 1.07. The minimum Gasteiger partial charge on any atom is -0.394 e. The van der Waals surface area contributed by atoms with Crippen LogP contribution in [0.4, 0.5) is 0 Å². The van der Waals surface area contributed by atoms with E-state index in [9.17, 15) is 66.4 Å². The summed E-state index contributed by atoms with van der Waals surface area (Å²) < 4.78 is 54.6. The van der Waals surface area contributed by atoms with E-state index >= 15 is 0 Å². The molecule has 31 atom stereocenters. The molecule has 0 aromatic carbocycles. The van der Waals surface area contributed by atoms with Crippen LogP contribution in [0.3, 0.4) is 0 Å². The Bertz CT molecular complexity index is 1900. The standard InChI is InChI=1S/C51H84O22/c1-20(19-65-45-39(60)38(59)35(56)30(17-52)69-45)9-14-51(64)21(2)32-29(73-51)16-28-26-8-7-24-15-25(10-12-49(24,5)27(26)11-13-50(28,32)6)68-48-44(72-47-41(62)37(58)34(55)23(4)67-47)42(63)43(31(18-53)70-48)71-46-40(61)36(57)33(54)22(3)66-46/h7,20-23,25-48,52-64H,8-19H2,1-6H3/t20-,21-,22-,23-,25-,26-,27+,28+,29+,30+,31+,32+,33-,34-,35+,36+,37+,38-,39+,40+,41+,42-,43+,44+,45+,46-,47-,48+,49-,50+,51+/m0/s1. The number of rotatable bonds is 14. The van der Waals surface area contributed by atoms with E-state index in [0.717, 1.165) is 32.1 Å². The fraction of sp³-hybridized carbons (Fsp3) is 0.961. The second-order valence-electron chi connectivity index (χ2n) is 23.8. The average molecular weight is 1050 g/mol. The molecule has 0 spiro atoms. The zero-order chi connectivity index (χ0) is 52.8. The maximum Gasteiger partial charge on any atom is 0.187 e. The Kier molecular flexibility index (Phi) is 16.9. The maximum absolute atomic E-state index is 12.1. The normalized spacial score (nSPS) is 55.5. The van der Waals surface area contributed by atoms with E-state index in [1.165, 1.54) is 19.4 Å². The van der Waals surface area contributed by atoms with Gasteiger partial charge in [-0.1, -0.05) is 39.3 Å². The van der Waals surface area contributed by atoms with Gasteiger partial charge in [0.25, 0.3) is 0 Å². The molecule has 22 heteroatoms. The van der Waals surface area contributed by atoms with Crippen LogP contribution < -0.4 is 0 Å². The summed E-state index contributed by atoms with van der Waals surface area (Å²) in [7, 11) is 0. The Morgan fingerprint density at radius 3 is 1.86 bits per heavy atom. The Morgan fingerprint density at radius 1 is 0.644 bits per heavy atom. The molecule has 420 valence electrons. The van der Waals surface area contributed by atoms with Crippen molar-refractivity contribution in [2.24, 2.45) is 46.3 Å². The number of aliphatic hydroxyl groups excluding tert-OH is 12. The van der Waals surface area contributed by atoms with Gasteiger partial charge in [0.2, 0.25) is 0 Å². The molecule has 0 amide bonds. The third-order valence-electron chi connectivity index (χ3n) is 19.5. The van der Waals surface area contributed by atoms with Crippen LogP contribution >= 0.6 is 0 Å². The van der Waals surface area contributed by atoms with Gasteiger partial charge in [-0.25, -0.2) is 0 Å². The zero-order valence-corrected chi connectivity index (χ0v) is 42.7. The van der Waals surface area contributed by atoms with Gasteiger partial charge in [0.05, 0.1) is 44.2 Å². The molecule has 0 unspecified atom stereocenters. The fourth-order valence-corrected chi connectivity index (χ4v) is 14.9. The summed E-state index contributed by atoms with van der Waals surface area (Å²) >= 11 is 0. The second-order valence-corrected chi connectivity index (χ2v) is 23.8. The van der Waals surface area contributed by atoms with E-state index < -0.39 is 148 Å². The first-order chi connectivity index (χ1) is 34.5. The summed E-state index contributed by atoms with van der Waals surface area (Å²) in [6, 6.07) is 0. The molecule has 0 radical (unpaired) electrons. The van der Waals surface area contributed by atoms with Gasteiger partial charge in [0.1, 0.15) is 85.5 Å². The molecule has 13 N–H and O–H groups in total. The van der Waals surface area contributed by atoms with Gasteiger partial charge < -0.3 is 109 Å². The lowest BCUT2D eigenvalue weighted by molar-refractivity contribution is -0.388. The van der Waals surface area contributed by atoms with Crippen LogP contribution in [0.25, 0.3) is 0 Å². The lowest BCUT2D eigenvalue weighted by Gasteiger charge is -2.58. The van der Waals surface area contributed by atoms with E-state index in [2.05, 4.69) is 26.8 Å². The molecular formula is C51H84O22. The quantitative estimate of drug-likeness (QED) is 0.0839. The summed E-state index contributed by atoms with van der Waals surface area (Å²) in [5, 5.41) is 139. The first-order valence-electron chi connectivity index (χ1n) is 26.8. The monoisotopic (exact) mass is 1050 g/mol. The predicted molar refractivity (Wildman–Crippen MR) is 249 cm³/mol. The molecule has 3 saturated carbocycles. The SMILES string of the molecule is C[C@@H](CC[C@@]1(O)O[C@@H]2C[C@@H]3[C@H]4CC=C5C[C@@H](O[C@@H]6O[C@H](CO)[C@@H](O[C@@H]7O[C@@H](C)[C@H](O)[C@@H](O)[C@H]7O)[C@H](O)[C@H]6O[C@@H]6O[C@@H](C)[C@H](O)[C@@H](O)[C@H]6O)CC[C@]5(C)[C@@H]4CC[C@@]3(C)[C@@H]2[C@@H]1C)CO[C@@H]1O[C@H](CO)[C@@H](O)[C@H](O)[C@H]1O. The number of hydrogen-bond acceptors (Lipinski definition) is 22. The molecule has 9 rings (SSSR count). The molecule has 5 saturated heterocycles. The van der Waals surface area contributed by atoms with E-state index in [4.69, 9.17) is 42.6 Å². The van der Waals surface area contributed by atoms with Crippen molar-refractivity contribution < 1.29 is 109 Å². The van der Waals surface area contributed by atoms with Crippen molar-refractivity contribution in [3.05, 3.63) is 11.6 Å². The van der Waals surface area contributed by atoms with Crippen molar-refractivity contribution in [3.8, 4) is 0 Å². The van der Waals surface area contributed by atoms with Crippen molar-refractivity contribution in [2.75, 3.05) is 19.8 Å². The highest BCUT2D eigenvalue weighted by Crippen LogP contribution is 2.70. The first-order valence-corrected chi connectivity index (χ1v) is 26.8. The van der Waals surface area contributed by atoms with Crippen LogP contribution in [0.2, 0.25) is 0 Å². The van der Waals surface area contributed by atoms with Crippen LogP contribution in [-0.4, -0.2) is 227 Å². The van der Waals surface area contributed by atoms with Crippen LogP contribution in [0.15, 0.2) is 11.6 Å². The molecule has 22 nitrogen and oxygen atoms in total. The highest BCUT2D eigenvalue weighted by atomic mass is 16.8. The molecule has 0 aromatic rings. The van der Waals surface area contributed by atoms with Crippen LogP contribution in [0, 0.1) is 46.3 Å². The lowest BCUT2D eigenvalue weighted by Crippen LogP contribution is -2.66. The van der Waals surface area contributed by atoms with Gasteiger partial charge >= 0.3 is 0 Å². The van der Waals surface area contributed by atoms with E-state index in [1.54, 1.807) is 0 Å². The Hall–Kier alpha value is -1.14. The molecule has 0 aromatic heterocycles. The molecule has 8 fully saturated rings. The highest BCUT2D eigenvalue weighted by Gasteiger charge is 2.68.